The highest BCUT2D eigenvalue weighted by atomic mass is 16.6. The average Bonchev–Trinajstić information content (AvgIpc) is 2.76. The summed E-state index contributed by atoms with van der Waals surface area (Å²) in [6.07, 6.45) is -0.207. The second-order valence-electron chi connectivity index (χ2n) is 4.59. The van der Waals surface area contributed by atoms with Crippen molar-refractivity contribution >= 4 is 11.8 Å². The molecule has 0 spiro atoms. The van der Waals surface area contributed by atoms with E-state index in [1.54, 1.807) is 12.1 Å². The van der Waals surface area contributed by atoms with Gasteiger partial charge in [-0.25, -0.2) is 4.79 Å². The number of hydrogen-bond donors (Lipinski definition) is 2. The molecule has 0 aromatic heterocycles. The number of nitrogens with zero attached hydrogens (tertiary/aromatic N) is 2. The largest absolute Gasteiger partial charge is 0.465 e. The molecular formula is C12H15N3O4. The Kier molecular flexibility index (Phi) is 3.96. The van der Waals surface area contributed by atoms with Gasteiger partial charge >= 0.3 is 6.09 Å². The van der Waals surface area contributed by atoms with E-state index >= 15 is 0 Å². The number of hydrogen-bond acceptors (Lipinski definition) is 4. The highest BCUT2D eigenvalue weighted by Crippen LogP contribution is 2.16. The first-order chi connectivity index (χ1) is 9.04. The fourth-order valence-corrected chi connectivity index (χ4v) is 2.25. The lowest BCUT2D eigenvalue weighted by molar-refractivity contribution is -0.384. The topological polar surface area (TPSA) is 95.7 Å². The Balaban J connectivity index is 1.88. The van der Waals surface area contributed by atoms with Crippen LogP contribution in [-0.2, 0) is 6.54 Å². The SMILES string of the molecule is O=C(O)NC1CCN(Cc2ccc([N+](=O)[O-])cc2)C1. The number of rotatable bonds is 4. The summed E-state index contributed by atoms with van der Waals surface area (Å²) in [6, 6.07) is 6.40. The van der Waals surface area contributed by atoms with Crippen molar-refractivity contribution < 1.29 is 14.8 Å². The summed E-state index contributed by atoms with van der Waals surface area (Å²) in [5.74, 6) is 0. The minimum Gasteiger partial charge on any atom is -0.465 e. The van der Waals surface area contributed by atoms with Gasteiger partial charge in [-0.1, -0.05) is 12.1 Å². The number of amides is 1. The van der Waals surface area contributed by atoms with Gasteiger partial charge in [0.25, 0.3) is 5.69 Å². The second-order valence-corrected chi connectivity index (χ2v) is 4.59. The average molecular weight is 265 g/mol. The van der Waals surface area contributed by atoms with Crippen molar-refractivity contribution in [3.8, 4) is 0 Å². The lowest BCUT2D eigenvalue weighted by Gasteiger charge is -2.15. The maximum atomic E-state index is 10.5. The van der Waals surface area contributed by atoms with Crippen LogP contribution in [0, 0.1) is 10.1 Å². The van der Waals surface area contributed by atoms with Gasteiger partial charge in [0, 0.05) is 37.8 Å². The number of carbonyl (C=O) groups is 1. The predicted molar refractivity (Wildman–Crippen MR) is 67.9 cm³/mol. The van der Waals surface area contributed by atoms with E-state index in [0.717, 1.165) is 18.5 Å². The molecule has 0 radical (unpaired) electrons. The third kappa shape index (κ3) is 3.65. The molecule has 1 unspecified atom stereocenters. The molecule has 7 nitrogen and oxygen atoms in total. The van der Waals surface area contributed by atoms with E-state index in [0.29, 0.717) is 13.1 Å². The van der Waals surface area contributed by atoms with E-state index in [1.807, 2.05) is 0 Å². The summed E-state index contributed by atoms with van der Waals surface area (Å²) >= 11 is 0. The van der Waals surface area contributed by atoms with Crippen LogP contribution >= 0.6 is 0 Å². The van der Waals surface area contributed by atoms with Crippen LogP contribution in [0.25, 0.3) is 0 Å². The van der Waals surface area contributed by atoms with Gasteiger partial charge in [-0.15, -0.1) is 0 Å². The number of carboxylic acid groups (broad SMARTS) is 1. The Morgan fingerprint density at radius 1 is 1.47 bits per heavy atom. The summed E-state index contributed by atoms with van der Waals surface area (Å²) in [5.41, 5.74) is 1.07. The molecule has 1 saturated heterocycles. The standard InChI is InChI=1S/C12H15N3O4/c16-12(17)13-10-5-6-14(8-10)7-9-1-3-11(4-2-9)15(18)19/h1-4,10,13H,5-8H2,(H,16,17). The normalized spacial score (nSPS) is 19.3. The lowest BCUT2D eigenvalue weighted by Crippen LogP contribution is -2.35. The zero-order valence-electron chi connectivity index (χ0n) is 10.3. The smallest absolute Gasteiger partial charge is 0.404 e. The van der Waals surface area contributed by atoms with Gasteiger partial charge in [-0.2, -0.15) is 0 Å². The zero-order valence-corrected chi connectivity index (χ0v) is 10.3. The highest BCUT2D eigenvalue weighted by Gasteiger charge is 2.23. The molecule has 1 atom stereocenters. The van der Waals surface area contributed by atoms with Crippen LogP contribution in [0.5, 0.6) is 0 Å². The van der Waals surface area contributed by atoms with Crippen molar-refractivity contribution in [1.29, 1.82) is 0 Å². The third-order valence-corrected chi connectivity index (χ3v) is 3.15. The molecule has 7 heteroatoms. The van der Waals surface area contributed by atoms with Gasteiger partial charge in [-0.3, -0.25) is 15.0 Å². The number of likely N-dealkylation sites (tertiary alicyclic amines) is 1. The molecule has 1 heterocycles. The summed E-state index contributed by atoms with van der Waals surface area (Å²) in [5, 5.41) is 21.6. The molecule has 0 aliphatic carbocycles. The molecule has 1 fully saturated rings. The van der Waals surface area contributed by atoms with Gasteiger partial charge < -0.3 is 10.4 Å². The van der Waals surface area contributed by atoms with E-state index in [-0.39, 0.29) is 11.7 Å². The first-order valence-electron chi connectivity index (χ1n) is 6.00. The molecular weight excluding hydrogens is 250 g/mol. The molecule has 2 N–H and O–H groups in total. The third-order valence-electron chi connectivity index (χ3n) is 3.15. The number of benzene rings is 1. The molecule has 102 valence electrons. The quantitative estimate of drug-likeness (QED) is 0.634. The van der Waals surface area contributed by atoms with Gasteiger partial charge in [-0.05, 0) is 12.0 Å². The molecule has 1 aromatic carbocycles. The Bertz CT molecular complexity index is 474. The van der Waals surface area contributed by atoms with Crippen molar-refractivity contribution in [3.05, 3.63) is 39.9 Å². The van der Waals surface area contributed by atoms with Crippen molar-refractivity contribution in [2.75, 3.05) is 13.1 Å². The molecule has 1 aliphatic rings. The van der Waals surface area contributed by atoms with Crippen LogP contribution < -0.4 is 5.32 Å². The Morgan fingerprint density at radius 3 is 2.74 bits per heavy atom. The number of nitro groups is 1. The Labute approximate surface area is 110 Å². The monoisotopic (exact) mass is 265 g/mol. The number of nitrogens with one attached hydrogen (secondary N) is 1. The van der Waals surface area contributed by atoms with Crippen LogP contribution in [0.2, 0.25) is 0 Å². The van der Waals surface area contributed by atoms with E-state index < -0.39 is 11.0 Å². The molecule has 1 aromatic rings. The van der Waals surface area contributed by atoms with Crippen molar-refractivity contribution in [2.24, 2.45) is 0 Å². The van der Waals surface area contributed by atoms with Crippen LogP contribution in [-0.4, -0.2) is 40.2 Å². The van der Waals surface area contributed by atoms with Crippen LogP contribution in [0.4, 0.5) is 10.5 Å². The molecule has 0 saturated carbocycles. The number of nitro benzene ring substituents is 1. The molecule has 0 bridgehead atoms. The highest BCUT2D eigenvalue weighted by molar-refractivity contribution is 5.64. The minimum absolute atomic E-state index is 0.0319. The van der Waals surface area contributed by atoms with Gasteiger partial charge in [0.05, 0.1) is 4.92 Å². The fourth-order valence-electron chi connectivity index (χ4n) is 2.25. The van der Waals surface area contributed by atoms with Gasteiger partial charge in [0.2, 0.25) is 0 Å². The predicted octanol–water partition coefficient (Wildman–Crippen LogP) is 1.44. The maximum Gasteiger partial charge on any atom is 0.404 e. The second kappa shape index (κ2) is 5.66. The lowest BCUT2D eigenvalue weighted by atomic mass is 10.2. The van der Waals surface area contributed by atoms with E-state index in [2.05, 4.69) is 10.2 Å². The minimum atomic E-state index is -0.998. The maximum absolute atomic E-state index is 10.5. The molecule has 1 aliphatic heterocycles. The first-order valence-corrected chi connectivity index (χ1v) is 6.00. The summed E-state index contributed by atoms with van der Waals surface area (Å²) in [4.78, 5) is 22.8. The van der Waals surface area contributed by atoms with E-state index in [4.69, 9.17) is 5.11 Å². The van der Waals surface area contributed by atoms with Gasteiger partial charge in [0.1, 0.15) is 0 Å². The van der Waals surface area contributed by atoms with Crippen molar-refractivity contribution in [3.63, 3.8) is 0 Å². The fraction of sp³-hybridized carbons (Fsp3) is 0.417. The van der Waals surface area contributed by atoms with Crippen molar-refractivity contribution in [2.45, 2.75) is 19.0 Å². The van der Waals surface area contributed by atoms with Crippen LogP contribution in [0.1, 0.15) is 12.0 Å². The summed E-state index contributed by atoms with van der Waals surface area (Å²) in [6.45, 7) is 2.17. The van der Waals surface area contributed by atoms with Crippen LogP contribution in [0.15, 0.2) is 24.3 Å². The van der Waals surface area contributed by atoms with Gasteiger partial charge in [0.15, 0.2) is 0 Å². The van der Waals surface area contributed by atoms with Crippen molar-refractivity contribution in [1.82, 2.24) is 10.2 Å². The molecule has 1 amide bonds. The molecule has 19 heavy (non-hydrogen) atoms. The molecule has 2 rings (SSSR count). The van der Waals surface area contributed by atoms with Crippen LogP contribution in [0.3, 0.4) is 0 Å². The summed E-state index contributed by atoms with van der Waals surface area (Å²) in [7, 11) is 0. The Hall–Kier alpha value is -2.15. The number of non-ortho nitro benzene ring substituents is 1. The van der Waals surface area contributed by atoms with E-state index in [9.17, 15) is 14.9 Å². The zero-order chi connectivity index (χ0) is 13.8. The van der Waals surface area contributed by atoms with E-state index in [1.165, 1.54) is 12.1 Å². The summed E-state index contributed by atoms with van der Waals surface area (Å²) < 4.78 is 0. The Morgan fingerprint density at radius 2 is 2.16 bits per heavy atom. The first kappa shape index (κ1) is 13.3.